The summed E-state index contributed by atoms with van der Waals surface area (Å²) in [7, 11) is 3.93. The highest BCUT2D eigenvalue weighted by atomic mass is 16.2. The zero-order valence-corrected chi connectivity index (χ0v) is 14.5. The molecule has 0 radical (unpaired) electrons. The first-order chi connectivity index (χ1) is 11.4. The van der Waals surface area contributed by atoms with Crippen LogP contribution in [0.3, 0.4) is 0 Å². The van der Waals surface area contributed by atoms with E-state index in [0.29, 0.717) is 11.3 Å². The number of benzene rings is 2. The van der Waals surface area contributed by atoms with Crippen molar-refractivity contribution < 1.29 is 9.59 Å². The van der Waals surface area contributed by atoms with Crippen LogP contribution in [0.25, 0.3) is 0 Å². The van der Waals surface area contributed by atoms with Crippen LogP contribution >= 0.6 is 0 Å². The van der Waals surface area contributed by atoms with Crippen LogP contribution in [0.2, 0.25) is 0 Å². The maximum atomic E-state index is 12.4. The van der Waals surface area contributed by atoms with Gasteiger partial charge in [-0.3, -0.25) is 9.59 Å². The number of rotatable bonds is 5. The lowest BCUT2D eigenvalue weighted by atomic mass is 10.1. The Hall–Kier alpha value is -2.82. The Kier molecular flexibility index (Phi) is 5.58. The van der Waals surface area contributed by atoms with E-state index in [2.05, 4.69) is 10.6 Å². The third-order valence-electron chi connectivity index (χ3n) is 3.56. The van der Waals surface area contributed by atoms with Gasteiger partial charge in [0.2, 0.25) is 5.91 Å². The number of carbonyl (C=O) groups is 2. The van der Waals surface area contributed by atoms with E-state index in [1.54, 1.807) is 24.3 Å². The lowest BCUT2D eigenvalue weighted by Gasteiger charge is -2.13. The summed E-state index contributed by atoms with van der Waals surface area (Å²) >= 11 is 0. The number of hydrogen-bond donors (Lipinski definition) is 2. The molecule has 0 bridgehead atoms. The number of hydrogen-bond acceptors (Lipinski definition) is 3. The molecule has 0 saturated heterocycles. The first kappa shape index (κ1) is 17.5. The number of nitrogens with one attached hydrogen (secondary N) is 2. The van der Waals surface area contributed by atoms with Crippen LogP contribution in [0.5, 0.6) is 0 Å². The molecule has 0 saturated carbocycles. The van der Waals surface area contributed by atoms with Crippen LogP contribution in [-0.2, 0) is 4.79 Å². The largest absolute Gasteiger partial charge is 0.378 e. The van der Waals surface area contributed by atoms with Crippen LogP contribution in [0, 0.1) is 5.92 Å². The van der Waals surface area contributed by atoms with Crippen molar-refractivity contribution in [3.05, 3.63) is 54.1 Å². The molecule has 5 nitrogen and oxygen atoms in total. The van der Waals surface area contributed by atoms with Gasteiger partial charge in [0.15, 0.2) is 0 Å². The van der Waals surface area contributed by atoms with Crippen LogP contribution < -0.4 is 15.5 Å². The molecule has 0 fully saturated rings. The van der Waals surface area contributed by atoms with Crippen molar-refractivity contribution in [2.24, 2.45) is 5.92 Å². The number of anilines is 3. The molecule has 126 valence electrons. The molecule has 0 aliphatic rings. The Morgan fingerprint density at radius 1 is 0.917 bits per heavy atom. The van der Waals surface area contributed by atoms with Crippen LogP contribution in [-0.4, -0.2) is 25.9 Å². The molecular formula is C19H23N3O2. The van der Waals surface area contributed by atoms with Crippen molar-refractivity contribution in [3.8, 4) is 0 Å². The average molecular weight is 325 g/mol. The number of nitrogens with zero attached hydrogens (tertiary/aromatic N) is 1. The van der Waals surface area contributed by atoms with Gasteiger partial charge in [0.1, 0.15) is 0 Å². The quantitative estimate of drug-likeness (QED) is 0.883. The van der Waals surface area contributed by atoms with Gasteiger partial charge in [-0.1, -0.05) is 19.9 Å². The highest BCUT2D eigenvalue weighted by Gasteiger charge is 2.10. The normalized spacial score (nSPS) is 10.4. The second-order valence-corrected chi connectivity index (χ2v) is 6.12. The van der Waals surface area contributed by atoms with Gasteiger partial charge >= 0.3 is 0 Å². The van der Waals surface area contributed by atoms with E-state index in [1.807, 2.05) is 57.1 Å². The standard InChI is InChI=1S/C19H23N3O2/c1-13(2)18(23)21-16-7-5-6-14(12-16)19(24)20-15-8-10-17(11-9-15)22(3)4/h5-13H,1-4H3,(H,20,24)(H,21,23). The Morgan fingerprint density at radius 2 is 1.58 bits per heavy atom. The fraction of sp³-hybridized carbons (Fsp3) is 0.263. The van der Waals surface area contributed by atoms with Gasteiger partial charge in [0.05, 0.1) is 0 Å². The highest BCUT2D eigenvalue weighted by Crippen LogP contribution is 2.18. The minimum Gasteiger partial charge on any atom is -0.378 e. The summed E-state index contributed by atoms with van der Waals surface area (Å²) in [6.07, 6.45) is 0. The van der Waals surface area contributed by atoms with Gasteiger partial charge in [0, 0.05) is 42.6 Å². The zero-order valence-electron chi connectivity index (χ0n) is 14.5. The molecule has 5 heteroatoms. The second kappa shape index (κ2) is 7.64. The molecule has 2 N–H and O–H groups in total. The predicted octanol–water partition coefficient (Wildman–Crippen LogP) is 3.60. The van der Waals surface area contributed by atoms with Crippen molar-refractivity contribution in [3.63, 3.8) is 0 Å². The molecule has 0 atom stereocenters. The monoisotopic (exact) mass is 325 g/mol. The maximum absolute atomic E-state index is 12.4. The fourth-order valence-electron chi connectivity index (χ4n) is 2.07. The van der Waals surface area contributed by atoms with Crippen LogP contribution in [0.1, 0.15) is 24.2 Å². The van der Waals surface area contributed by atoms with Gasteiger partial charge in [-0.25, -0.2) is 0 Å². The van der Waals surface area contributed by atoms with Gasteiger partial charge in [-0.2, -0.15) is 0 Å². The van der Waals surface area contributed by atoms with Gasteiger partial charge in [-0.05, 0) is 42.5 Å². The smallest absolute Gasteiger partial charge is 0.255 e. The van der Waals surface area contributed by atoms with Crippen molar-refractivity contribution in [2.45, 2.75) is 13.8 Å². The van der Waals surface area contributed by atoms with E-state index in [-0.39, 0.29) is 17.7 Å². The summed E-state index contributed by atoms with van der Waals surface area (Å²) in [6, 6.07) is 14.5. The summed E-state index contributed by atoms with van der Waals surface area (Å²) in [5.41, 5.74) is 2.89. The Labute approximate surface area is 142 Å². The van der Waals surface area contributed by atoms with E-state index in [9.17, 15) is 9.59 Å². The molecule has 0 aromatic heterocycles. The molecule has 24 heavy (non-hydrogen) atoms. The first-order valence-corrected chi connectivity index (χ1v) is 7.86. The molecule has 2 rings (SSSR count). The molecular weight excluding hydrogens is 302 g/mol. The highest BCUT2D eigenvalue weighted by molar-refractivity contribution is 6.05. The van der Waals surface area contributed by atoms with Gasteiger partial charge < -0.3 is 15.5 Å². The minimum atomic E-state index is -0.215. The molecule has 2 aromatic rings. The van der Waals surface area contributed by atoms with E-state index >= 15 is 0 Å². The summed E-state index contributed by atoms with van der Waals surface area (Å²) < 4.78 is 0. The van der Waals surface area contributed by atoms with Gasteiger partial charge in [0.25, 0.3) is 5.91 Å². The van der Waals surface area contributed by atoms with Crippen LogP contribution in [0.15, 0.2) is 48.5 Å². The fourth-order valence-corrected chi connectivity index (χ4v) is 2.07. The Balaban J connectivity index is 2.08. The number of carbonyl (C=O) groups excluding carboxylic acids is 2. The SMILES string of the molecule is CC(C)C(=O)Nc1cccc(C(=O)Nc2ccc(N(C)C)cc2)c1. The first-order valence-electron chi connectivity index (χ1n) is 7.86. The third-order valence-corrected chi connectivity index (χ3v) is 3.56. The zero-order chi connectivity index (χ0) is 17.7. The van der Waals surface area contributed by atoms with E-state index in [4.69, 9.17) is 0 Å². The summed E-state index contributed by atoms with van der Waals surface area (Å²) in [4.78, 5) is 26.1. The van der Waals surface area contributed by atoms with Crippen molar-refractivity contribution in [2.75, 3.05) is 29.6 Å². The molecule has 2 amide bonds. The summed E-state index contributed by atoms with van der Waals surface area (Å²) in [5, 5.41) is 5.65. The molecule has 2 aromatic carbocycles. The molecule has 0 aliphatic heterocycles. The van der Waals surface area contributed by atoms with Crippen LogP contribution in [0.4, 0.5) is 17.1 Å². The molecule has 0 heterocycles. The Morgan fingerprint density at radius 3 is 2.17 bits per heavy atom. The summed E-state index contributed by atoms with van der Waals surface area (Å²) in [6.45, 7) is 3.65. The van der Waals surface area contributed by atoms with Crippen molar-refractivity contribution in [1.29, 1.82) is 0 Å². The van der Waals surface area contributed by atoms with Crippen molar-refractivity contribution in [1.82, 2.24) is 0 Å². The van der Waals surface area contributed by atoms with Crippen molar-refractivity contribution >= 4 is 28.9 Å². The lowest BCUT2D eigenvalue weighted by molar-refractivity contribution is -0.118. The second-order valence-electron chi connectivity index (χ2n) is 6.12. The molecule has 0 spiro atoms. The maximum Gasteiger partial charge on any atom is 0.255 e. The van der Waals surface area contributed by atoms with Gasteiger partial charge in [-0.15, -0.1) is 0 Å². The summed E-state index contributed by atoms with van der Waals surface area (Å²) in [5.74, 6) is -0.405. The lowest BCUT2D eigenvalue weighted by Crippen LogP contribution is -2.18. The van der Waals surface area contributed by atoms with E-state index < -0.39 is 0 Å². The Bertz CT molecular complexity index is 722. The molecule has 0 aliphatic carbocycles. The van der Waals surface area contributed by atoms with E-state index in [0.717, 1.165) is 11.4 Å². The third kappa shape index (κ3) is 4.59. The average Bonchev–Trinajstić information content (AvgIpc) is 2.55. The number of amides is 2. The van der Waals surface area contributed by atoms with E-state index in [1.165, 1.54) is 0 Å². The predicted molar refractivity (Wildman–Crippen MR) is 98.6 cm³/mol. The minimum absolute atomic E-state index is 0.0770. The topological polar surface area (TPSA) is 61.4 Å². The molecule has 0 unspecified atom stereocenters.